The molecule has 29 heavy (non-hydrogen) atoms. The first-order valence-corrected chi connectivity index (χ1v) is 9.68. The largest absolute Gasteiger partial charge is 0.310 e. The molecule has 4 rings (SSSR count). The van der Waals surface area contributed by atoms with Gasteiger partial charge in [0, 0.05) is 30.9 Å². The van der Waals surface area contributed by atoms with Crippen LogP contribution in [-0.4, -0.2) is 29.9 Å². The van der Waals surface area contributed by atoms with Gasteiger partial charge < -0.3 is 4.90 Å². The Kier molecular flexibility index (Phi) is 5.41. The van der Waals surface area contributed by atoms with Crippen molar-refractivity contribution in [3.63, 3.8) is 0 Å². The van der Waals surface area contributed by atoms with Crippen LogP contribution < -0.4 is 4.90 Å². The van der Waals surface area contributed by atoms with Gasteiger partial charge >= 0.3 is 0 Å². The topological polar surface area (TPSA) is 23.6 Å². The molecule has 0 aromatic heterocycles. The van der Waals surface area contributed by atoms with Gasteiger partial charge in [-0.3, -0.25) is 9.69 Å². The Hall–Kier alpha value is -3.05. The Bertz CT molecular complexity index is 985. The molecular formula is C24H22F2N2O. The summed E-state index contributed by atoms with van der Waals surface area (Å²) in [5.41, 5.74) is 3.05. The van der Waals surface area contributed by atoms with Crippen molar-refractivity contribution in [3.8, 4) is 11.1 Å². The number of anilines is 1. The molecule has 0 radical (unpaired) electrons. The maximum Gasteiger partial charge on any atom is 0.244 e. The Balaban J connectivity index is 1.49. The lowest BCUT2D eigenvalue weighted by molar-refractivity contribution is -0.125. The van der Waals surface area contributed by atoms with E-state index in [0.29, 0.717) is 13.1 Å². The van der Waals surface area contributed by atoms with Crippen molar-refractivity contribution < 1.29 is 13.6 Å². The van der Waals surface area contributed by atoms with E-state index in [2.05, 4.69) is 0 Å². The molecule has 0 bridgehead atoms. The van der Waals surface area contributed by atoms with E-state index < -0.39 is 17.7 Å². The summed E-state index contributed by atoms with van der Waals surface area (Å²) in [5, 5.41) is 0. The maximum atomic E-state index is 14.0. The highest BCUT2D eigenvalue weighted by atomic mass is 19.1. The van der Waals surface area contributed by atoms with Crippen molar-refractivity contribution in [2.24, 2.45) is 0 Å². The molecule has 1 amide bonds. The van der Waals surface area contributed by atoms with Gasteiger partial charge in [0.2, 0.25) is 5.91 Å². The fraction of sp³-hybridized carbons (Fsp3) is 0.208. The van der Waals surface area contributed by atoms with Crippen LogP contribution in [0, 0.1) is 11.6 Å². The van der Waals surface area contributed by atoms with Gasteiger partial charge in [-0.05, 0) is 42.3 Å². The summed E-state index contributed by atoms with van der Waals surface area (Å²) in [7, 11) is 0. The van der Waals surface area contributed by atoms with Gasteiger partial charge in [-0.15, -0.1) is 0 Å². The van der Waals surface area contributed by atoms with Gasteiger partial charge in [0.25, 0.3) is 0 Å². The minimum absolute atomic E-state index is 0.00724. The van der Waals surface area contributed by atoms with E-state index in [1.807, 2.05) is 59.5 Å². The van der Waals surface area contributed by atoms with E-state index in [0.717, 1.165) is 16.8 Å². The Morgan fingerprint density at radius 1 is 0.828 bits per heavy atom. The summed E-state index contributed by atoms with van der Waals surface area (Å²) in [6.45, 7) is 2.88. The molecule has 0 aliphatic carbocycles. The highest BCUT2D eigenvalue weighted by Crippen LogP contribution is 2.26. The molecule has 0 spiro atoms. The summed E-state index contributed by atoms with van der Waals surface area (Å²) in [6, 6.07) is 21.3. The van der Waals surface area contributed by atoms with Crippen LogP contribution in [0.5, 0.6) is 0 Å². The lowest BCUT2D eigenvalue weighted by Crippen LogP contribution is -2.55. The lowest BCUT2D eigenvalue weighted by atomic mass is 10.0. The molecule has 0 saturated carbocycles. The predicted octanol–water partition coefficient (Wildman–Crippen LogP) is 4.87. The van der Waals surface area contributed by atoms with Crippen molar-refractivity contribution in [1.29, 1.82) is 0 Å². The number of hydrogen-bond acceptors (Lipinski definition) is 2. The first-order chi connectivity index (χ1) is 14.0. The van der Waals surface area contributed by atoms with Crippen LogP contribution in [0.3, 0.4) is 0 Å². The molecule has 3 aromatic rings. The molecule has 148 valence electrons. The van der Waals surface area contributed by atoms with Crippen LogP contribution in [0.1, 0.15) is 12.5 Å². The van der Waals surface area contributed by atoms with Gasteiger partial charge in [0.15, 0.2) is 0 Å². The lowest BCUT2D eigenvalue weighted by Gasteiger charge is -2.39. The number of rotatable bonds is 4. The fourth-order valence-corrected chi connectivity index (χ4v) is 3.74. The Morgan fingerprint density at radius 2 is 1.45 bits per heavy atom. The van der Waals surface area contributed by atoms with Gasteiger partial charge in [0.1, 0.15) is 11.6 Å². The molecule has 1 unspecified atom stereocenters. The number of carbonyl (C=O) groups is 1. The van der Waals surface area contributed by atoms with Crippen molar-refractivity contribution in [1.82, 2.24) is 4.90 Å². The van der Waals surface area contributed by atoms with Crippen molar-refractivity contribution in [2.45, 2.75) is 19.5 Å². The quantitative estimate of drug-likeness (QED) is 0.633. The molecule has 1 heterocycles. The Labute approximate surface area is 169 Å². The fourth-order valence-electron chi connectivity index (χ4n) is 3.74. The van der Waals surface area contributed by atoms with Crippen LogP contribution in [0.25, 0.3) is 11.1 Å². The number of carbonyl (C=O) groups excluding carboxylic acids is 1. The third-order valence-corrected chi connectivity index (χ3v) is 5.49. The molecule has 1 saturated heterocycles. The van der Waals surface area contributed by atoms with E-state index in [4.69, 9.17) is 0 Å². The number of halogens is 2. The SMILES string of the molecule is CC1C(=O)N(c2ccc(-c3ccccc3)cc2)CCN1Cc1c(F)cccc1F. The zero-order valence-electron chi connectivity index (χ0n) is 16.2. The first kappa shape index (κ1) is 19.3. The molecular weight excluding hydrogens is 370 g/mol. The third kappa shape index (κ3) is 3.91. The summed E-state index contributed by atoms with van der Waals surface area (Å²) in [6.07, 6.45) is 0. The molecule has 0 N–H and O–H groups in total. The second-order valence-electron chi connectivity index (χ2n) is 7.25. The van der Waals surface area contributed by atoms with Gasteiger partial charge in [-0.2, -0.15) is 0 Å². The number of nitrogens with zero attached hydrogens (tertiary/aromatic N) is 2. The summed E-state index contributed by atoms with van der Waals surface area (Å²) < 4.78 is 28.0. The average Bonchev–Trinajstić information content (AvgIpc) is 2.75. The molecule has 3 aromatic carbocycles. The van der Waals surface area contributed by atoms with E-state index in [9.17, 15) is 13.6 Å². The summed E-state index contributed by atoms with van der Waals surface area (Å²) in [5.74, 6) is -1.23. The highest BCUT2D eigenvalue weighted by Gasteiger charge is 2.33. The molecule has 1 aliphatic heterocycles. The van der Waals surface area contributed by atoms with E-state index in [1.54, 1.807) is 11.8 Å². The Morgan fingerprint density at radius 3 is 2.10 bits per heavy atom. The molecule has 1 atom stereocenters. The number of amides is 1. The first-order valence-electron chi connectivity index (χ1n) is 9.68. The zero-order valence-corrected chi connectivity index (χ0v) is 16.2. The van der Waals surface area contributed by atoms with Crippen molar-refractivity contribution >= 4 is 11.6 Å². The molecule has 1 fully saturated rings. The minimum Gasteiger partial charge on any atom is -0.310 e. The van der Waals surface area contributed by atoms with Crippen LogP contribution >= 0.6 is 0 Å². The summed E-state index contributed by atoms with van der Waals surface area (Å²) >= 11 is 0. The van der Waals surface area contributed by atoms with Crippen molar-refractivity contribution in [2.75, 3.05) is 18.0 Å². The normalized spacial score (nSPS) is 17.6. The van der Waals surface area contributed by atoms with Crippen LogP contribution in [0.4, 0.5) is 14.5 Å². The standard InChI is InChI=1S/C24H22F2N2O/c1-17-24(29)28(15-14-27(17)16-21-22(25)8-5-9-23(21)26)20-12-10-19(11-13-20)18-6-3-2-4-7-18/h2-13,17H,14-16H2,1H3. The second kappa shape index (κ2) is 8.13. The summed E-state index contributed by atoms with van der Waals surface area (Å²) in [4.78, 5) is 16.5. The maximum absolute atomic E-state index is 14.0. The predicted molar refractivity (Wildman–Crippen MR) is 110 cm³/mol. The number of piperazine rings is 1. The molecule has 3 nitrogen and oxygen atoms in total. The zero-order chi connectivity index (χ0) is 20.4. The van der Waals surface area contributed by atoms with Crippen LogP contribution in [0.2, 0.25) is 0 Å². The number of benzene rings is 3. The second-order valence-corrected chi connectivity index (χ2v) is 7.25. The minimum atomic E-state index is -0.580. The van der Waals surface area contributed by atoms with Crippen LogP contribution in [-0.2, 0) is 11.3 Å². The smallest absolute Gasteiger partial charge is 0.244 e. The average molecular weight is 392 g/mol. The molecule has 1 aliphatic rings. The van der Waals surface area contributed by atoms with Gasteiger partial charge in [0.05, 0.1) is 6.04 Å². The molecule has 5 heteroatoms. The van der Waals surface area contributed by atoms with Gasteiger partial charge in [-0.25, -0.2) is 8.78 Å². The third-order valence-electron chi connectivity index (χ3n) is 5.49. The highest BCUT2D eigenvalue weighted by molar-refractivity contribution is 5.97. The van der Waals surface area contributed by atoms with E-state index in [1.165, 1.54) is 18.2 Å². The van der Waals surface area contributed by atoms with Crippen LogP contribution in [0.15, 0.2) is 72.8 Å². The monoisotopic (exact) mass is 392 g/mol. The van der Waals surface area contributed by atoms with E-state index in [-0.39, 0.29) is 18.0 Å². The van der Waals surface area contributed by atoms with Crippen molar-refractivity contribution in [3.05, 3.63) is 90.0 Å². The number of hydrogen-bond donors (Lipinski definition) is 0. The van der Waals surface area contributed by atoms with E-state index >= 15 is 0 Å². The van der Waals surface area contributed by atoms with Gasteiger partial charge in [-0.1, -0.05) is 48.5 Å².